The number of rotatable bonds is 31. The fourth-order valence-corrected chi connectivity index (χ4v) is 7.62. The molecule has 0 fully saturated rings. The summed E-state index contributed by atoms with van der Waals surface area (Å²) in [5.74, 6) is 0.356. The smallest absolute Gasteiger partial charge is 0.207 e. The lowest BCUT2D eigenvalue weighted by Gasteiger charge is -2.17. The maximum Gasteiger partial charge on any atom is 0.207 e. The van der Waals surface area contributed by atoms with Gasteiger partial charge in [0.15, 0.2) is 11.5 Å². The lowest BCUT2D eigenvalue weighted by atomic mass is 9.99. The molecule has 4 heteroatoms. The normalized spacial score (nSPS) is 14.2. The molecular weight excluding hydrogens is 773 g/mol. The number of phenolic OH excluding ortho intramolecular Hbond substituents is 2. The zero-order valence-electron chi connectivity index (χ0n) is 42.9. The average molecular weight is 865 g/mol. The highest BCUT2D eigenvalue weighted by Crippen LogP contribution is 2.48. The van der Waals surface area contributed by atoms with E-state index >= 15 is 0 Å². The van der Waals surface area contributed by atoms with Crippen molar-refractivity contribution in [3.63, 3.8) is 0 Å². The van der Waals surface area contributed by atoms with Gasteiger partial charge in [-0.2, -0.15) is 0 Å². The van der Waals surface area contributed by atoms with E-state index in [1.54, 1.807) is 6.92 Å². The molecule has 0 unspecified atom stereocenters. The number of phenols is 2. The molecule has 1 aromatic rings. The summed E-state index contributed by atoms with van der Waals surface area (Å²) in [6.45, 7) is 26.5. The van der Waals surface area contributed by atoms with Crippen molar-refractivity contribution < 1.29 is 19.7 Å². The van der Waals surface area contributed by atoms with Crippen molar-refractivity contribution in [1.82, 2.24) is 0 Å². The highest BCUT2D eigenvalue weighted by atomic mass is 16.5. The van der Waals surface area contributed by atoms with Crippen LogP contribution in [0.5, 0.6) is 23.0 Å². The van der Waals surface area contributed by atoms with E-state index in [-0.39, 0.29) is 23.0 Å². The number of hydrogen-bond acceptors (Lipinski definition) is 4. The van der Waals surface area contributed by atoms with E-state index in [2.05, 4.69) is 137 Å². The Hall–Kier alpha value is -4.18. The predicted octanol–water partition coefficient (Wildman–Crippen LogP) is 18.5. The molecule has 2 N–H and O–H groups in total. The quantitative estimate of drug-likeness (QED) is 0.0577. The zero-order chi connectivity index (χ0) is 47.2. The minimum absolute atomic E-state index is 0.00634. The van der Waals surface area contributed by atoms with E-state index < -0.39 is 0 Å². The van der Waals surface area contributed by atoms with Crippen LogP contribution >= 0.6 is 0 Å². The number of hydrogen-bond donors (Lipinski definition) is 2. The van der Waals surface area contributed by atoms with Gasteiger partial charge in [0.05, 0.1) is 14.2 Å². The Bertz CT molecular complexity index is 1840. The molecular formula is C59H92O4. The second-order valence-corrected chi connectivity index (χ2v) is 18.7. The first-order chi connectivity index (χ1) is 30.0. The molecule has 0 aliphatic carbocycles. The van der Waals surface area contributed by atoms with Gasteiger partial charge in [-0.1, -0.05) is 116 Å². The second kappa shape index (κ2) is 33.3. The van der Waals surface area contributed by atoms with Crippen molar-refractivity contribution in [1.29, 1.82) is 0 Å². The number of ether oxygens (including phenoxy) is 2. The molecule has 4 nitrogen and oxygen atoms in total. The standard InChI is InChI=1S/C59H92O4/c1-44(2)24-15-25-45(3)26-16-27-46(4)28-17-29-47(5)30-18-31-48(6)32-19-33-49(7)34-20-35-50(8)36-21-37-51(9)38-22-39-52(10)40-23-41-53(11)42-43-55-54(12)56(60)58(62-13)59(63-14)57(55)61/h24,26,28,30,32,34,36,38,40,42,60-61H,15-23,25,27,29,31,33,35,37,39,41,43H2,1-14H3/b45-26+,46-28+,47-30-,48-32-,49-34-,50-36+,51-38+,52-40+,53-42+. The summed E-state index contributed by atoms with van der Waals surface area (Å²) in [5.41, 5.74) is 15.9. The molecule has 0 heterocycles. The molecule has 0 aliphatic heterocycles. The minimum atomic E-state index is 0.00634. The van der Waals surface area contributed by atoms with Gasteiger partial charge in [-0.15, -0.1) is 0 Å². The fourth-order valence-electron chi connectivity index (χ4n) is 7.62. The second-order valence-electron chi connectivity index (χ2n) is 18.7. The Labute approximate surface area is 388 Å². The summed E-state index contributed by atoms with van der Waals surface area (Å²) in [6.07, 6.45) is 44.6. The Morgan fingerprint density at radius 3 is 0.810 bits per heavy atom. The van der Waals surface area contributed by atoms with E-state index in [0.717, 1.165) is 96.3 Å². The van der Waals surface area contributed by atoms with Gasteiger partial charge in [0, 0.05) is 11.1 Å². The summed E-state index contributed by atoms with van der Waals surface area (Å²) in [5, 5.41) is 21.3. The van der Waals surface area contributed by atoms with Gasteiger partial charge in [-0.05, 0) is 205 Å². The molecule has 0 aromatic heterocycles. The first kappa shape index (κ1) is 56.8. The van der Waals surface area contributed by atoms with Crippen molar-refractivity contribution in [2.24, 2.45) is 0 Å². The number of benzene rings is 1. The average Bonchev–Trinajstić information content (AvgIpc) is 3.21. The van der Waals surface area contributed by atoms with E-state index in [4.69, 9.17) is 9.47 Å². The van der Waals surface area contributed by atoms with Crippen molar-refractivity contribution in [3.05, 3.63) is 128 Å². The summed E-state index contributed by atoms with van der Waals surface area (Å²) in [7, 11) is 2.91. The van der Waals surface area contributed by atoms with Gasteiger partial charge in [-0.3, -0.25) is 0 Å². The first-order valence-corrected chi connectivity index (χ1v) is 24.2. The van der Waals surface area contributed by atoms with Crippen LogP contribution in [0, 0.1) is 6.92 Å². The predicted molar refractivity (Wildman–Crippen MR) is 278 cm³/mol. The van der Waals surface area contributed by atoms with E-state index in [1.807, 2.05) is 0 Å². The van der Waals surface area contributed by atoms with Crippen LogP contribution in [0.4, 0.5) is 0 Å². The Morgan fingerprint density at radius 1 is 0.349 bits per heavy atom. The maximum atomic E-state index is 10.7. The molecule has 0 bridgehead atoms. The Morgan fingerprint density at radius 2 is 0.571 bits per heavy atom. The van der Waals surface area contributed by atoms with Crippen LogP contribution in [0.3, 0.4) is 0 Å². The van der Waals surface area contributed by atoms with Gasteiger partial charge >= 0.3 is 0 Å². The number of allylic oxidation sites excluding steroid dienone is 20. The Kier molecular flexibility index (Phi) is 30.1. The van der Waals surface area contributed by atoms with Crippen LogP contribution in [0.15, 0.2) is 116 Å². The Balaban J connectivity index is 2.32. The highest BCUT2D eigenvalue weighted by Gasteiger charge is 2.22. The van der Waals surface area contributed by atoms with Crippen molar-refractivity contribution in [2.75, 3.05) is 14.2 Å². The van der Waals surface area contributed by atoms with E-state index in [1.165, 1.54) is 89.2 Å². The maximum absolute atomic E-state index is 10.7. The van der Waals surface area contributed by atoms with Crippen LogP contribution < -0.4 is 9.47 Å². The van der Waals surface area contributed by atoms with Gasteiger partial charge in [0.25, 0.3) is 0 Å². The fraction of sp³-hybridized carbons (Fsp3) is 0.559. The van der Waals surface area contributed by atoms with Crippen LogP contribution in [0.2, 0.25) is 0 Å². The van der Waals surface area contributed by atoms with Crippen LogP contribution in [0.1, 0.15) is 203 Å². The summed E-state index contributed by atoms with van der Waals surface area (Å²) in [6, 6.07) is 0. The third-order valence-electron chi connectivity index (χ3n) is 12.1. The molecule has 1 rings (SSSR count). The molecule has 63 heavy (non-hydrogen) atoms. The van der Waals surface area contributed by atoms with Crippen LogP contribution in [-0.2, 0) is 6.42 Å². The van der Waals surface area contributed by atoms with Gasteiger partial charge in [-0.25, -0.2) is 0 Å². The zero-order valence-corrected chi connectivity index (χ0v) is 42.9. The number of aromatic hydroxyl groups is 2. The molecule has 0 saturated carbocycles. The van der Waals surface area contributed by atoms with Gasteiger partial charge in [0.1, 0.15) is 0 Å². The van der Waals surface area contributed by atoms with Crippen molar-refractivity contribution in [2.45, 2.75) is 205 Å². The topological polar surface area (TPSA) is 58.9 Å². The van der Waals surface area contributed by atoms with E-state index in [9.17, 15) is 10.2 Å². The van der Waals surface area contributed by atoms with Crippen LogP contribution in [-0.4, -0.2) is 24.4 Å². The minimum Gasteiger partial charge on any atom is -0.504 e. The van der Waals surface area contributed by atoms with Gasteiger partial charge in [0.2, 0.25) is 11.5 Å². The molecule has 0 saturated heterocycles. The highest BCUT2D eigenvalue weighted by molar-refractivity contribution is 5.66. The summed E-state index contributed by atoms with van der Waals surface area (Å²) in [4.78, 5) is 0. The third kappa shape index (κ3) is 26.3. The molecule has 0 radical (unpaired) electrons. The largest absolute Gasteiger partial charge is 0.504 e. The monoisotopic (exact) mass is 865 g/mol. The van der Waals surface area contributed by atoms with Crippen molar-refractivity contribution in [3.8, 4) is 23.0 Å². The molecule has 1 aromatic carbocycles. The lowest BCUT2D eigenvalue weighted by molar-refractivity contribution is 0.314. The van der Waals surface area contributed by atoms with Crippen molar-refractivity contribution >= 4 is 0 Å². The summed E-state index contributed by atoms with van der Waals surface area (Å²) < 4.78 is 10.5. The molecule has 0 amide bonds. The number of methoxy groups -OCH3 is 2. The third-order valence-corrected chi connectivity index (χ3v) is 12.1. The molecule has 0 aliphatic rings. The SMILES string of the molecule is COc1c(O)c(C)c(C/C=C(\C)CC/C=C(\C)CC/C=C(\C)CC/C=C(\C)CC/C=C(/C)CC/C=C(/C)CC/C=C(/C)CC/C=C(\C)CC/C=C(\C)CCC=C(C)C)c(O)c1OC. The summed E-state index contributed by atoms with van der Waals surface area (Å²) >= 11 is 0. The van der Waals surface area contributed by atoms with Gasteiger partial charge < -0.3 is 19.7 Å². The van der Waals surface area contributed by atoms with E-state index in [0.29, 0.717) is 17.5 Å². The molecule has 0 spiro atoms. The lowest BCUT2D eigenvalue weighted by Crippen LogP contribution is -1.98. The molecule has 0 atom stereocenters. The molecule has 352 valence electrons. The van der Waals surface area contributed by atoms with Crippen LogP contribution in [0.25, 0.3) is 0 Å². The first-order valence-electron chi connectivity index (χ1n) is 24.2.